The van der Waals surface area contributed by atoms with E-state index in [1.165, 1.54) is 22.5 Å². The van der Waals surface area contributed by atoms with Gasteiger partial charge in [0.2, 0.25) is 15.9 Å². The molecule has 1 saturated heterocycles. The highest BCUT2D eigenvalue weighted by Gasteiger charge is 2.30. The number of nitro benzene ring substituents is 1. The van der Waals surface area contributed by atoms with E-state index in [1.807, 2.05) is 17.9 Å². The Bertz CT molecular complexity index is 1110. The van der Waals surface area contributed by atoms with Crippen LogP contribution in [0.4, 0.5) is 11.4 Å². The Hall–Kier alpha value is -2.53. The molecule has 0 unspecified atom stereocenters. The highest BCUT2D eigenvalue weighted by Crippen LogP contribution is 2.27. The molecule has 0 aromatic heterocycles. The molecule has 9 nitrogen and oxygen atoms in total. The van der Waals surface area contributed by atoms with Gasteiger partial charge in [-0.25, -0.2) is 8.42 Å². The van der Waals surface area contributed by atoms with Crippen LogP contribution in [0.2, 0.25) is 5.02 Å². The molecule has 0 radical (unpaired) electrons. The molecular weight excluding hydrogens is 444 g/mol. The number of halogens is 1. The lowest BCUT2D eigenvalue weighted by molar-refractivity contribution is -0.384. The number of nitro groups is 1. The number of sulfonamides is 1. The van der Waals surface area contributed by atoms with Crippen molar-refractivity contribution in [1.82, 2.24) is 9.21 Å². The molecule has 0 atom stereocenters. The number of anilines is 1. The van der Waals surface area contributed by atoms with E-state index in [0.717, 1.165) is 5.56 Å². The van der Waals surface area contributed by atoms with E-state index in [4.69, 9.17) is 11.6 Å². The number of benzene rings is 2. The summed E-state index contributed by atoms with van der Waals surface area (Å²) >= 11 is 5.78. The molecule has 3 rings (SSSR count). The zero-order chi connectivity index (χ0) is 22.8. The van der Waals surface area contributed by atoms with E-state index < -0.39 is 14.9 Å². The first kappa shape index (κ1) is 23.1. The van der Waals surface area contributed by atoms with E-state index in [0.29, 0.717) is 23.5 Å². The summed E-state index contributed by atoms with van der Waals surface area (Å²) in [5, 5.41) is 13.6. The van der Waals surface area contributed by atoms with Crippen molar-refractivity contribution in [2.75, 3.05) is 38.0 Å². The molecule has 1 fully saturated rings. The zero-order valence-electron chi connectivity index (χ0n) is 17.2. The molecule has 0 spiro atoms. The van der Waals surface area contributed by atoms with Crippen molar-refractivity contribution in [3.63, 3.8) is 0 Å². The van der Waals surface area contributed by atoms with Crippen LogP contribution in [0.3, 0.4) is 0 Å². The van der Waals surface area contributed by atoms with Crippen molar-refractivity contribution in [1.29, 1.82) is 0 Å². The average molecular weight is 467 g/mol. The van der Waals surface area contributed by atoms with Crippen LogP contribution in [0.5, 0.6) is 0 Å². The maximum absolute atomic E-state index is 13.0. The minimum Gasteiger partial charge on any atom is -0.325 e. The number of hydrogen-bond acceptors (Lipinski definition) is 6. The predicted octanol–water partition coefficient (Wildman–Crippen LogP) is 2.81. The second-order valence-corrected chi connectivity index (χ2v) is 9.73. The molecule has 1 aliphatic rings. The SMILES string of the molecule is Cc1ccc(C)c(S(=O)(=O)N2CCN(CC(=O)Nc3ccc(Cl)c([N+](=O)[O-])c3)CC2)c1. The van der Waals surface area contributed by atoms with E-state index in [-0.39, 0.29) is 41.9 Å². The van der Waals surface area contributed by atoms with Crippen LogP contribution in [0, 0.1) is 24.0 Å². The summed E-state index contributed by atoms with van der Waals surface area (Å²) in [4.78, 5) is 24.9. The van der Waals surface area contributed by atoms with Gasteiger partial charge in [-0.3, -0.25) is 19.8 Å². The Balaban J connectivity index is 1.59. The van der Waals surface area contributed by atoms with Crippen molar-refractivity contribution in [2.24, 2.45) is 0 Å². The van der Waals surface area contributed by atoms with Gasteiger partial charge in [0, 0.05) is 37.9 Å². The van der Waals surface area contributed by atoms with Gasteiger partial charge < -0.3 is 5.32 Å². The van der Waals surface area contributed by atoms with E-state index in [2.05, 4.69) is 5.32 Å². The number of piperazine rings is 1. The van der Waals surface area contributed by atoms with Gasteiger partial charge in [-0.1, -0.05) is 23.7 Å². The number of rotatable bonds is 6. The number of nitrogens with one attached hydrogen (secondary N) is 1. The molecule has 1 amide bonds. The van der Waals surface area contributed by atoms with Crippen LogP contribution in [-0.2, 0) is 14.8 Å². The summed E-state index contributed by atoms with van der Waals surface area (Å²) in [5.74, 6) is -0.345. The van der Waals surface area contributed by atoms with Crippen molar-refractivity contribution in [2.45, 2.75) is 18.7 Å². The fourth-order valence-corrected chi connectivity index (χ4v) is 5.30. The van der Waals surface area contributed by atoms with Gasteiger partial charge in [0.15, 0.2) is 0 Å². The topological polar surface area (TPSA) is 113 Å². The monoisotopic (exact) mass is 466 g/mol. The van der Waals surface area contributed by atoms with Gasteiger partial charge in [0.25, 0.3) is 5.69 Å². The van der Waals surface area contributed by atoms with Crippen LogP contribution in [0.25, 0.3) is 0 Å². The second-order valence-electron chi connectivity index (χ2n) is 7.42. The van der Waals surface area contributed by atoms with Crippen molar-refractivity contribution in [3.05, 3.63) is 62.7 Å². The highest BCUT2D eigenvalue weighted by molar-refractivity contribution is 7.89. The van der Waals surface area contributed by atoms with Gasteiger partial charge in [0.1, 0.15) is 5.02 Å². The van der Waals surface area contributed by atoms with Crippen molar-refractivity contribution in [3.8, 4) is 0 Å². The first-order valence-corrected chi connectivity index (χ1v) is 11.4. The Morgan fingerprint density at radius 3 is 2.45 bits per heavy atom. The molecular formula is C20H23ClN4O5S. The third-order valence-corrected chi connectivity index (χ3v) is 7.45. The van der Waals surface area contributed by atoms with Gasteiger partial charge in [-0.2, -0.15) is 4.31 Å². The molecule has 11 heteroatoms. The van der Waals surface area contributed by atoms with E-state index >= 15 is 0 Å². The normalized spacial score (nSPS) is 15.6. The first-order chi connectivity index (χ1) is 14.6. The largest absolute Gasteiger partial charge is 0.325 e. The van der Waals surface area contributed by atoms with Crippen LogP contribution < -0.4 is 5.32 Å². The predicted molar refractivity (Wildman–Crippen MR) is 118 cm³/mol. The average Bonchev–Trinajstić information content (AvgIpc) is 2.71. The maximum atomic E-state index is 13.0. The summed E-state index contributed by atoms with van der Waals surface area (Å²) in [6.45, 7) is 5.02. The Kier molecular flexibility index (Phi) is 6.95. The Morgan fingerprint density at radius 2 is 1.81 bits per heavy atom. The molecule has 1 N–H and O–H groups in total. The van der Waals surface area contributed by atoms with Gasteiger partial charge in [0.05, 0.1) is 16.4 Å². The van der Waals surface area contributed by atoms with Gasteiger partial charge in [-0.05, 0) is 43.2 Å². The van der Waals surface area contributed by atoms with Gasteiger partial charge in [-0.15, -0.1) is 0 Å². The second kappa shape index (κ2) is 9.31. The smallest absolute Gasteiger partial charge is 0.289 e. The van der Waals surface area contributed by atoms with Crippen LogP contribution in [-0.4, -0.2) is 61.2 Å². The van der Waals surface area contributed by atoms with Crippen molar-refractivity contribution >= 4 is 38.9 Å². The summed E-state index contributed by atoms with van der Waals surface area (Å²) < 4.78 is 27.5. The molecule has 166 valence electrons. The Labute approximate surface area is 185 Å². The van der Waals surface area contributed by atoms with Crippen LogP contribution >= 0.6 is 11.6 Å². The van der Waals surface area contributed by atoms with Crippen molar-refractivity contribution < 1.29 is 18.1 Å². The fourth-order valence-electron chi connectivity index (χ4n) is 3.39. The number of carbonyl (C=O) groups excluding carboxylic acids is 1. The fraction of sp³-hybridized carbons (Fsp3) is 0.350. The van der Waals surface area contributed by atoms with E-state index in [1.54, 1.807) is 19.1 Å². The zero-order valence-corrected chi connectivity index (χ0v) is 18.7. The number of amides is 1. The maximum Gasteiger partial charge on any atom is 0.289 e. The minimum atomic E-state index is -3.60. The van der Waals surface area contributed by atoms with Crippen LogP contribution in [0.1, 0.15) is 11.1 Å². The standard InChI is InChI=1S/C20H23ClN4O5S/c1-14-3-4-15(2)19(11-14)31(29,30)24-9-7-23(8-10-24)13-20(26)22-16-5-6-17(21)18(12-16)25(27)28/h3-6,11-12H,7-10,13H2,1-2H3,(H,22,26). The highest BCUT2D eigenvalue weighted by atomic mass is 35.5. The molecule has 2 aromatic rings. The van der Waals surface area contributed by atoms with Crippen LogP contribution in [0.15, 0.2) is 41.3 Å². The summed E-state index contributed by atoms with van der Waals surface area (Å²) in [5.41, 5.74) is 1.56. The molecule has 0 aliphatic carbocycles. The number of carbonyl (C=O) groups is 1. The molecule has 0 saturated carbocycles. The third-order valence-electron chi connectivity index (χ3n) is 5.09. The number of nitrogens with zero attached hydrogens (tertiary/aromatic N) is 3. The summed E-state index contributed by atoms with van der Waals surface area (Å²) in [6, 6.07) is 9.39. The molecule has 1 aliphatic heterocycles. The Morgan fingerprint density at radius 1 is 1.13 bits per heavy atom. The lowest BCUT2D eigenvalue weighted by Crippen LogP contribution is -2.50. The number of hydrogen-bond donors (Lipinski definition) is 1. The first-order valence-electron chi connectivity index (χ1n) is 9.61. The third kappa shape index (κ3) is 5.40. The molecule has 0 bridgehead atoms. The molecule has 31 heavy (non-hydrogen) atoms. The number of aryl methyl sites for hydroxylation is 2. The lowest BCUT2D eigenvalue weighted by atomic mass is 10.2. The van der Waals surface area contributed by atoms with Gasteiger partial charge >= 0.3 is 0 Å². The molecule has 1 heterocycles. The summed E-state index contributed by atoms with van der Waals surface area (Å²) in [7, 11) is -3.60. The lowest BCUT2D eigenvalue weighted by Gasteiger charge is -2.33. The molecule has 2 aromatic carbocycles. The summed E-state index contributed by atoms with van der Waals surface area (Å²) in [6.07, 6.45) is 0. The minimum absolute atomic E-state index is 0.0100. The quantitative estimate of drug-likeness (QED) is 0.517. The van der Waals surface area contributed by atoms with E-state index in [9.17, 15) is 23.3 Å².